The lowest BCUT2D eigenvalue weighted by atomic mass is 10.0. The first kappa shape index (κ1) is 11.5. The van der Waals surface area contributed by atoms with E-state index in [1.807, 2.05) is 4.90 Å². The number of carbonyl (C=O) groups is 1. The van der Waals surface area contributed by atoms with Crippen molar-refractivity contribution in [2.24, 2.45) is 5.92 Å². The van der Waals surface area contributed by atoms with Crippen LogP contribution in [0, 0.1) is 19.8 Å². The van der Waals surface area contributed by atoms with Gasteiger partial charge in [-0.2, -0.15) is 0 Å². The number of carboxylic acid groups (broad SMARTS) is 1. The first-order valence-corrected chi connectivity index (χ1v) is 6.72. The van der Waals surface area contributed by atoms with Gasteiger partial charge in [0, 0.05) is 13.1 Å². The maximum absolute atomic E-state index is 10.8. The van der Waals surface area contributed by atoms with Crippen molar-refractivity contribution < 1.29 is 9.90 Å². The van der Waals surface area contributed by atoms with Crippen LogP contribution >= 0.6 is 11.3 Å². The fraction of sp³-hybridized carbons (Fsp3) is 0.385. The van der Waals surface area contributed by atoms with Gasteiger partial charge < -0.3 is 10.0 Å². The lowest BCUT2D eigenvalue weighted by Gasteiger charge is -2.36. The van der Waals surface area contributed by atoms with Crippen LogP contribution < -0.4 is 4.90 Å². The molecular formula is C13H14N2O2S. The minimum Gasteiger partial charge on any atom is -0.481 e. The highest BCUT2D eigenvalue weighted by Gasteiger charge is 2.34. The van der Waals surface area contributed by atoms with Crippen LogP contribution in [0.5, 0.6) is 0 Å². The van der Waals surface area contributed by atoms with E-state index in [4.69, 9.17) is 5.11 Å². The SMILES string of the molecule is Cc1cc2nc(N3CC(C(=O)O)C3)sc2cc1C. The van der Waals surface area contributed by atoms with Gasteiger partial charge in [0.1, 0.15) is 0 Å². The average Bonchev–Trinajstić information content (AvgIpc) is 2.58. The quantitative estimate of drug-likeness (QED) is 0.903. The molecule has 94 valence electrons. The Bertz CT molecular complexity index is 590. The van der Waals surface area contributed by atoms with E-state index in [2.05, 4.69) is 31.0 Å². The first-order valence-electron chi connectivity index (χ1n) is 5.90. The second-order valence-corrected chi connectivity index (χ2v) is 5.85. The molecule has 0 atom stereocenters. The van der Waals surface area contributed by atoms with Gasteiger partial charge in [-0.1, -0.05) is 11.3 Å². The topological polar surface area (TPSA) is 53.4 Å². The van der Waals surface area contributed by atoms with E-state index in [1.54, 1.807) is 11.3 Å². The third-order valence-corrected chi connectivity index (χ3v) is 4.57. The van der Waals surface area contributed by atoms with Crippen molar-refractivity contribution in [2.75, 3.05) is 18.0 Å². The fourth-order valence-corrected chi connectivity index (χ4v) is 3.16. The predicted molar refractivity (Wildman–Crippen MR) is 72.4 cm³/mol. The molecule has 0 aliphatic carbocycles. The number of aliphatic carboxylic acids is 1. The Hall–Kier alpha value is -1.62. The van der Waals surface area contributed by atoms with Crippen LogP contribution in [0.2, 0.25) is 0 Å². The molecule has 2 aromatic rings. The zero-order valence-electron chi connectivity index (χ0n) is 10.3. The molecule has 1 aliphatic rings. The van der Waals surface area contributed by atoms with Crippen LogP contribution in [0.1, 0.15) is 11.1 Å². The van der Waals surface area contributed by atoms with Gasteiger partial charge >= 0.3 is 5.97 Å². The van der Waals surface area contributed by atoms with Crippen LogP contribution in [-0.2, 0) is 4.79 Å². The summed E-state index contributed by atoms with van der Waals surface area (Å²) in [6.45, 7) is 5.33. The molecule has 0 amide bonds. The lowest BCUT2D eigenvalue weighted by Crippen LogP contribution is -2.50. The van der Waals surface area contributed by atoms with E-state index >= 15 is 0 Å². The number of rotatable bonds is 2. The highest BCUT2D eigenvalue weighted by molar-refractivity contribution is 7.22. The zero-order chi connectivity index (χ0) is 12.9. The maximum Gasteiger partial charge on any atom is 0.310 e. The Morgan fingerprint density at radius 3 is 2.72 bits per heavy atom. The highest BCUT2D eigenvalue weighted by atomic mass is 32.1. The molecule has 0 spiro atoms. The number of thiazole rings is 1. The molecular weight excluding hydrogens is 248 g/mol. The summed E-state index contributed by atoms with van der Waals surface area (Å²) in [5.74, 6) is -0.945. The summed E-state index contributed by atoms with van der Waals surface area (Å²) in [4.78, 5) is 17.4. The van der Waals surface area contributed by atoms with Gasteiger partial charge in [0.05, 0.1) is 16.1 Å². The van der Waals surface area contributed by atoms with E-state index in [-0.39, 0.29) is 5.92 Å². The van der Waals surface area contributed by atoms with Gasteiger partial charge in [0.2, 0.25) is 0 Å². The monoisotopic (exact) mass is 262 g/mol. The van der Waals surface area contributed by atoms with Crippen molar-refractivity contribution in [3.63, 3.8) is 0 Å². The Labute approximate surface area is 109 Å². The molecule has 1 saturated heterocycles. The average molecular weight is 262 g/mol. The molecule has 0 saturated carbocycles. The van der Waals surface area contributed by atoms with Crippen LogP contribution in [-0.4, -0.2) is 29.1 Å². The van der Waals surface area contributed by atoms with E-state index in [9.17, 15) is 4.79 Å². The molecule has 3 rings (SSSR count). The molecule has 1 aliphatic heterocycles. The Morgan fingerprint density at radius 2 is 2.06 bits per heavy atom. The number of hydrogen-bond donors (Lipinski definition) is 1. The van der Waals surface area contributed by atoms with Crippen LogP contribution in [0.15, 0.2) is 12.1 Å². The minimum absolute atomic E-state index is 0.236. The normalized spacial score (nSPS) is 16.0. The van der Waals surface area contributed by atoms with Gasteiger partial charge in [-0.25, -0.2) is 4.98 Å². The summed E-state index contributed by atoms with van der Waals surface area (Å²) in [5, 5.41) is 9.80. The molecule has 2 heterocycles. The first-order chi connectivity index (χ1) is 8.54. The molecule has 1 aromatic carbocycles. The van der Waals surface area contributed by atoms with Crippen molar-refractivity contribution in [3.8, 4) is 0 Å². The van der Waals surface area contributed by atoms with Crippen molar-refractivity contribution in [3.05, 3.63) is 23.3 Å². The number of benzene rings is 1. The van der Waals surface area contributed by atoms with Gasteiger partial charge in [0.25, 0.3) is 0 Å². The van der Waals surface area contributed by atoms with E-state index in [1.165, 1.54) is 15.8 Å². The van der Waals surface area contributed by atoms with Crippen molar-refractivity contribution in [1.29, 1.82) is 0 Å². The van der Waals surface area contributed by atoms with E-state index in [0.29, 0.717) is 13.1 Å². The largest absolute Gasteiger partial charge is 0.481 e. The molecule has 1 N–H and O–H groups in total. The number of carboxylic acids is 1. The summed E-state index contributed by atoms with van der Waals surface area (Å²) >= 11 is 1.64. The summed E-state index contributed by atoms with van der Waals surface area (Å²) < 4.78 is 1.17. The molecule has 1 fully saturated rings. The molecule has 4 nitrogen and oxygen atoms in total. The number of aromatic nitrogens is 1. The molecule has 0 bridgehead atoms. The smallest absolute Gasteiger partial charge is 0.310 e. The number of fused-ring (bicyclic) bond motifs is 1. The highest BCUT2D eigenvalue weighted by Crippen LogP contribution is 2.34. The lowest BCUT2D eigenvalue weighted by molar-refractivity contribution is -0.142. The van der Waals surface area contributed by atoms with Gasteiger partial charge in [-0.15, -0.1) is 0 Å². The third-order valence-electron chi connectivity index (χ3n) is 3.49. The van der Waals surface area contributed by atoms with Crippen molar-refractivity contribution in [1.82, 2.24) is 4.98 Å². The van der Waals surface area contributed by atoms with Crippen LogP contribution in [0.3, 0.4) is 0 Å². The molecule has 5 heteroatoms. The summed E-state index contributed by atoms with van der Waals surface area (Å²) in [6.07, 6.45) is 0. The Kier molecular flexibility index (Phi) is 2.52. The molecule has 18 heavy (non-hydrogen) atoms. The van der Waals surface area contributed by atoms with Gasteiger partial charge in [-0.05, 0) is 37.1 Å². The zero-order valence-corrected chi connectivity index (χ0v) is 11.1. The Balaban J connectivity index is 1.89. The Morgan fingerprint density at radius 1 is 1.39 bits per heavy atom. The molecule has 1 aromatic heterocycles. The second kappa shape index (κ2) is 3.95. The number of nitrogens with zero attached hydrogens (tertiary/aromatic N) is 2. The third kappa shape index (κ3) is 1.75. The minimum atomic E-state index is -0.709. The summed E-state index contributed by atoms with van der Waals surface area (Å²) in [6, 6.07) is 4.25. The van der Waals surface area contributed by atoms with Gasteiger partial charge in [0.15, 0.2) is 5.13 Å². The van der Waals surface area contributed by atoms with E-state index in [0.717, 1.165) is 10.6 Å². The van der Waals surface area contributed by atoms with E-state index < -0.39 is 5.97 Å². The van der Waals surface area contributed by atoms with Crippen LogP contribution in [0.4, 0.5) is 5.13 Å². The summed E-state index contributed by atoms with van der Waals surface area (Å²) in [7, 11) is 0. The molecule has 0 unspecified atom stereocenters. The number of hydrogen-bond acceptors (Lipinski definition) is 4. The number of aryl methyl sites for hydroxylation is 2. The van der Waals surface area contributed by atoms with Crippen molar-refractivity contribution >= 4 is 32.7 Å². The fourth-order valence-electron chi connectivity index (χ4n) is 2.09. The van der Waals surface area contributed by atoms with Gasteiger partial charge in [-0.3, -0.25) is 4.79 Å². The summed E-state index contributed by atoms with van der Waals surface area (Å²) in [5.41, 5.74) is 3.52. The number of anilines is 1. The standard InChI is InChI=1S/C13H14N2O2S/c1-7-3-10-11(4-8(7)2)18-13(14-10)15-5-9(6-15)12(16)17/h3-4,9H,5-6H2,1-2H3,(H,16,17). The predicted octanol–water partition coefficient (Wildman–Crippen LogP) is 2.43. The van der Waals surface area contributed by atoms with Crippen molar-refractivity contribution in [2.45, 2.75) is 13.8 Å². The maximum atomic E-state index is 10.8. The second-order valence-electron chi connectivity index (χ2n) is 4.84. The van der Waals surface area contributed by atoms with Crippen LogP contribution in [0.25, 0.3) is 10.2 Å². The molecule has 0 radical (unpaired) electrons.